The molecule has 7 nitrogen and oxygen atoms in total. The summed E-state index contributed by atoms with van der Waals surface area (Å²) in [6.07, 6.45) is 1.58. The molecule has 2 aromatic carbocycles. The maximum Gasteiger partial charge on any atom is 0.338 e. The third-order valence-electron chi connectivity index (χ3n) is 3.87. The van der Waals surface area contributed by atoms with Gasteiger partial charge in [0.1, 0.15) is 0 Å². The fourth-order valence-electron chi connectivity index (χ4n) is 2.51. The molecular weight excluding hydrogens is 342 g/mol. The van der Waals surface area contributed by atoms with Gasteiger partial charge in [-0.25, -0.2) is 4.79 Å². The van der Waals surface area contributed by atoms with Crippen LogP contribution in [0.1, 0.15) is 35.8 Å². The molecule has 0 radical (unpaired) electrons. The van der Waals surface area contributed by atoms with Gasteiger partial charge in [0.05, 0.1) is 18.4 Å². The van der Waals surface area contributed by atoms with Crippen molar-refractivity contribution in [1.29, 1.82) is 0 Å². The van der Waals surface area contributed by atoms with Crippen molar-refractivity contribution in [2.75, 3.05) is 17.2 Å². The van der Waals surface area contributed by atoms with Crippen LogP contribution in [-0.4, -0.2) is 27.8 Å². The molecule has 2 N–H and O–H groups in total. The maximum atomic E-state index is 11.7. The Hall–Kier alpha value is -3.48. The quantitative estimate of drug-likeness (QED) is 0.614. The zero-order valence-electron chi connectivity index (χ0n) is 15.2. The minimum atomic E-state index is -0.344. The van der Waals surface area contributed by atoms with Crippen molar-refractivity contribution in [3.8, 4) is 0 Å². The number of nitrogens with one attached hydrogen (secondary N) is 2. The summed E-state index contributed by atoms with van der Waals surface area (Å²) in [4.78, 5) is 16.1. The second kappa shape index (κ2) is 8.75. The summed E-state index contributed by atoms with van der Waals surface area (Å²) in [5, 5.41) is 14.4. The molecule has 1 aromatic heterocycles. The number of aromatic nitrogens is 3. The molecular formula is C20H21N5O2. The first-order valence-electron chi connectivity index (χ1n) is 8.71. The third kappa shape index (κ3) is 5.01. The summed E-state index contributed by atoms with van der Waals surface area (Å²) in [6.45, 7) is 4.18. The number of ether oxygens (including phenoxy) is 1. The van der Waals surface area contributed by atoms with E-state index in [0.717, 1.165) is 11.3 Å². The Morgan fingerprint density at radius 1 is 1.11 bits per heavy atom. The summed E-state index contributed by atoms with van der Waals surface area (Å²) >= 11 is 0. The molecule has 0 amide bonds. The molecule has 0 aliphatic carbocycles. The van der Waals surface area contributed by atoms with Crippen LogP contribution >= 0.6 is 0 Å². The van der Waals surface area contributed by atoms with E-state index in [1.54, 1.807) is 37.4 Å². The van der Waals surface area contributed by atoms with Crippen LogP contribution in [0.25, 0.3) is 0 Å². The molecule has 0 bridgehead atoms. The Labute approximate surface area is 157 Å². The van der Waals surface area contributed by atoms with E-state index in [1.807, 2.05) is 18.2 Å². The third-order valence-corrected chi connectivity index (χ3v) is 3.87. The van der Waals surface area contributed by atoms with Gasteiger partial charge in [-0.2, -0.15) is 10.1 Å². The molecule has 0 spiro atoms. The van der Waals surface area contributed by atoms with Crippen molar-refractivity contribution < 1.29 is 9.53 Å². The van der Waals surface area contributed by atoms with E-state index in [4.69, 9.17) is 4.74 Å². The lowest BCUT2D eigenvalue weighted by Crippen LogP contribution is -2.10. The maximum absolute atomic E-state index is 11.7. The SMILES string of the molecule is CCOC(=O)c1ccc(Nc2nncc(NC(C)c3ccccc3)n2)cc1. The van der Waals surface area contributed by atoms with Gasteiger partial charge in [0.2, 0.25) is 5.95 Å². The molecule has 1 atom stereocenters. The molecule has 27 heavy (non-hydrogen) atoms. The second-order valence-electron chi connectivity index (χ2n) is 5.86. The van der Waals surface area contributed by atoms with Gasteiger partial charge in [0.15, 0.2) is 5.82 Å². The Balaban J connectivity index is 1.66. The van der Waals surface area contributed by atoms with Crippen molar-refractivity contribution in [3.63, 3.8) is 0 Å². The van der Waals surface area contributed by atoms with Crippen LogP contribution in [0.4, 0.5) is 17.5 Å². The highest BCUT2D eigenvalue weighted by atomic mass is 16.5. The van der Waals surface area contributed by atoms with Crippen molar-refractivity contribution in [3.05, 3.63) is 71.9 Å². The molecule has 0 saturated heterocycles. The highest BCUT2D eigenvalue weighted by Crippen LogP contribution is 2.19. The van der Waals surface area contributed by atoms with E-state index in [0.29, 0.717) is 23.9 Å². The smallest absolute Gasteiger partial charge is 0.338 e. The van der Waals surface area contributed by atoms with Crippen LogP contribution in [0, 0.1) is 0 Å². The number of rotatable bonds is 7. The van der Waals surface area contributed by atoms with Crippen LogP contribution in [0.3, 0.4) is 0 Å². The Kier molecular flexibility index (Phi) is 5.94. The summed E-state index contributed by atoms with van der Waals surface area (Å²) < 4.78 is 4.97. The number of hydrogen-bond acceptors (Lipinski definition) is 7. The largest absolute Gasteiger partial charge is 0.462 e. The first-order valence-corrected chi connectivity index (χ1v) is 8.71. The first kappa shape index (κ1) is 18.3. The normalized spacial score (nSPS) is 11.5. The fraction of sp³-hybridized carbons (Fsp3) is 0.200. The number of carbonyl (C=O) groups is 1. The number of anilines is 3. The average Bonchev–Trinajstić information content (AvgIpc) is 2.70. The monoisotopic (exact) mass is 363 g/mol. The van der Waals surface area contributed by atoms with Crippen LogP contribution in [0.15, 0.2) is 60.8 Å². The number of esters is 1. The first-order chi connectivity index (χ1) is 13.2. The van der Waals surface area contributed by atoms with Crippen LogP contribution in [0.5, 0.6) is 0 Å². The van der Waals surface area contributed by atoms with Gasteiger partial charge in [-0.3, -0.25) is 0 Å². The molecule has 138 valence electrons. The Morgan fingerprint density at radius 3 is 2.56 bits per heavy atom. The minimum absolute atomic E-state index is 0.0830. The van der Waals surface area contributed by atoms with Crippen molar-refractivity contribution in [2.24, 2.45) is 0 Å². The predicted molar refractivity (Wildman–Crippen MR) is 104 cm³/mol. The van der Waals surface area contributed by atoms with Crippen LogP contribution in [-0.2, 0) is 4.74 Å². The fourth-order valence-corrected chi connectivity index (χ4v) is 2.51. The summed E-state index contributed by atoms with van der Waals surface area (Å²) in [5.74, 6) is 0.638. The minimum Gasteiger partial charge on any atom is -0.462 e. The molecule has 3 aromatic rings. The van der Waals surface area contributed by atoms with E-state index >= 15 is 0 Å². The lowest BCUT2D eigenvalue weighted by atomic mass is 10.1. The van der Waals surface area contributed by atoms with Gasteiger partial charge in [0.25, 0.3) is 0 Å². The number of carbonyl (C=O) groups excluding carboxylic acids is 1. The predicted octanol–water partition coefficient (Wildman–Crippen LogP) is 3.97. The van der Waals surface area contributed by atoms with Gasteiger partial charge >= 0.3 is 5.97 Å². The Bertz CT molecular complexity index is 884. The van der Waals surface area contributed by atoms with E-state index in [9.17, 15) is 4.79 Å². The van der Waals surface area contributed by atoms with Crippen molar-refractivity contribution >= 4 is 23.4 Å². The standard InChI is InChI=1S/C20H21N5O2/c1-3-27-19(26)16-9-11-17(12-10-16)23-20-24-18(13-21-25-20)22-14(2)15-7-5-4-6-8-15/h4-14H,3H2,1-2H3,(H2,22,23,24,25). The van der Waals surface area contributed by atoms with Gasteiger partial charge < -0.3 is 15.4 Å². The second-order valence-corrected chi connectivity index (χ2v) is 5.86. The zero-order valence-corrected chi connectivity index (χ0v) is 15.2. The molecule has 1 heterocycles. The lowest BCUT2D eigenvalue weighted by molar-refractivity contribution is 0.0526. The van der Waals surface area contributed by atoms with Crippen molar-refractivity contribution in [1.82, 2.24) is 15.2 Å². The summed E-state index contributed by atoms with van der Waals surface area (Å²) in [6, 6.07) is 17.1. The summed E-state index contributed by atoms with van der Waals surface area (Å²) in [5.41, 5.74) is 2.40. The van der Waals surface area contributed by atoms with Crippen molar-refractivity contribution in [2.45, 2.75) is 19.9 Å². The van der Waals surface area contributed by atoms with Crippen LogP contribution < -0.4 is 10.6 Å². The average molecular weight is 363 g/mol. The van der Waals surface area contributed by atoms with Gasteiger partial charge in [0, 0.05) is 11.7 Å². The molecule has 3 rings (SSSR count). The number of benzene rings is 2. The summed E-state index contributed by atoms with van der Waals surface area (Å²) in [7, 11) is 0. The van der Waals surface area contributed by atoms with E-state index in [1.165, 1.54) is 0 Å². The van der Waals surface area contributed by atoms with E-state index < -0.39 is 0 Å². The Morgan fingerprint density at radius 2 is 1.85 bits per heavy atom. The molecule has 1 unspecified atom stereocenters. The van der Waals surface area contributed by atoms with Gasteiger partial charge in [-0.15, -0.1) is 5.10 Å². The topological polar surface area (TPSA) is 89.0 Å². The highest BCUT2D eigenvalue weighted by Gasteiger charge is 2.09. The molecule has 0 fully saturated rings. The zero-order chi connectivity index (χ0) is 19.1. The van der Waals surface area contributed by atoms with Gasteiger partial charge in [-0.05, 0) is 43.7 Å². The number of hydrogen-bond donors (Lipinski definition) is 2. The number of nitrogens with zero attached hydrogens (tertiary/aromatic N) is 3. The molecule has 0 aliphatic heterocycles. The molecule has 0 aliphatic rings. The van der Waals surface area contributed by atoms with Gasteiger partial charge in [-0.1, -0.05) is 30.3 Å². The molecule has 0 saturated carbocycles. The highest BCUT2D eigenvalue weighted by molar-refractivity contribution is 5.89. The lowest BCUT2D eigenvalue weighted by Gasteiger charge is -2.15. The van der Waals surface area contributed by atoms with E-state index in [-0.39, 0.29) is 12.0 Å². The van der Waals surface area contributed by atoms with Crippen LogP contribution in [0.2, 0.25) is 0 Å². The molecule has 7 heteroatoms. The van der Waals surface area contributed by atoms with E-state index in [2.05, 4.69) is 44.9 Å².